The normalized spacial score (nSPS) is 15.5. The second-order valence-electron chi connectivity index (χ2n) is 9.59. The second kappa shape index (κ2) is 10.1. The molecule has 39 heavy (non-hydrogen) atoms. The van der Waals surface area contributed by atoms with E-state index in [4.69, 9.17) is 4.74 Å². The van der Waals surface area contributed by atoms with Crippen molar-refractivity contribution < 1.29 is 9.53 Å². The Morgan fingerprint density at radius 3 is 2.79 bits per heavy atom. The number of aryl methyl sites for hydroxylation is 1. The molecule has 1 amide bonds. The Morgan fingerprint density at radius 1 is 1.08 bits per heavy atom. The van der Waals surface area contributed by atoms with E-state index in [9.17, 15) is 4.79 Å². The fraction of sp³-hybridized carbons (Fsp3) is 0.207. The Kier molecular flexibility index (Phi) is 6.28. The second-order valence-corrected chi connectivity index (χ2v) is 9.59. The molecule has 0 saturated carbocycles. The molecule has 10 heteroatoms. The number of nitrogens with one attached hydrogen (secondary N) is 1. The van der Waals surface area contributed by atoms with Gasteiger partial charge in [0.05, 0.1) is 5.52 Å². The van der Waals surface area contributed by atoms with Crippen molar-refractivity contribution in [3.05, 3.63) is 85.6 Å². The molecule has 3 aromatic heterocycles. The number of amides is 1. The monoisotopic (exact) mass is 520 g/mol. The number of aromatic nitrogens is 5. The summed E-state index contributed by atoms with van der Waals surface area (Å²) >= 11 is 0. The smallest absolute Gasteiger partial charge is 0.246 e. The summed E-state index contributed by atoms with van der Waals surface area (Å²) in [5, 5.41) is 8.50. The minimum Gasteiger partial charge on any atom is -0.457 e. The van der Waals surface area contributed by atoms with Crippen LogP contribution in [0.2, 0.25) is 0 Å². The molecule has 1 atom stereocenters. The highest BCUT2D eigenvalue weighted by atomic mass is 16.5. The molecule has 0 spiro atoms. The number of rotatable bonds is 6. The van der Waals surface area contributed by atoms with E-state index in [1.54, 1.807) is 10.8 Å². The van der Waals surface area contributed by atoms with E-state index in [1.807, 2.05) is 54.4 Å². The Bertz CT molecular complexity index is 1700. The Labute approximate surface area is 225 Å². The number of benzene rings is 2. The molecule has 1 aliphatic rings. The summed E-state index contributed by atoms with van der Waals surface area (Å²) in [4.78, 5) is 29.5. The molecule has 1 fully saturated rings. The zero-order chi connectivity index (χ0) is 26.9. The fourth-order valence-electron chi connectivity index (χ4n) is 4.96. The molecule has 2 aromatic carbocycles. The summed E-state index contributed by atoms with van der Waals surface area (Å²) in [6, 6.07) is 16.0. The summed E-state index contributed by atoms with van der Waals surface area (Å²) in [6.07, 6.45) is 6.28. The third-order valence-corrected chi connectivity index (χ3v) is 6.98. The van der Waals surface area contributed by atoms with Crippen molar-refractivity contribution in [2.24, 2.45) is 0 Å². The van der Waals surface area contributed by atoms with Gasteiger partial charge in [-0.05, 0) is 68.0 Å². The number of carbonyl (C=O) groups excluding carboxylic acids is 1. The number of pyridine rings is 1. The number of ether oxygens (including phenoxy) is 1. The van der Waals surface area contributed by atoms with Gasteiger partial charge in [-0.15, -0.1) is 0 Å². The van der Waals surface area contributed by atoms with Gasteiger partial charge in [-0.25, -0.2) is 19.5 Å². The number of nitrogens with zero attached hydrogens (tertiary/aromatic N) is 7. The number of hydrogen-bond acceptors (Lipinski definition) is 8. The average molecular weight is 521 g/mol. The highest BCUT2D eigenvalue weighted by Crippen LogP contribution is 2.32. The average Bonchev–Trinajstić information content (AvgIpc) is 3.42. The van der Waals surface area contributed by atoms with Crippen LogP contribution in [0.25, 0.3) is 16.6 Å². The number of hydrogen-bond donors (Lipinski definition) is 1. The molecule has 1 saturated heterocycles. The minimum atomic E-state index is -0.0250. The van der Waals surface area contributed by atoms with Crippen LogP contribution in [-0.2, 0) is 4.79 Å². The Hall–Kier alpha value is -4.99. The lowest BCUT2D eigenvalue weighted by Crippen LogP contribution is -2.53. The van der Waals surface area contributed by atoms with Crippen molar-refractivity contribution in [3.8, 4) is 11.5 Å². The maximum absolute atomic E-state index is 12.1. The first-order valence-electron chi connectivity index (χ1n) is 12.8. The predicted octanol–water partition coefficient (Wildman–Crippen LogP) is 4.74. The van der Waals surface area contributed by atoms with Crippen LogP contribution >= 0.6 is 0 Å². The predicted molar refractivity (Wildman–Crippen MR) is 151 cm³/mol. The lowest BCUT2D eigenvalue weighted by atomic mass is 10.1. The number of fused-ring (bicyclic) bond motifs is 2. The van der Waals surface area contributed by atoms with Gasteiger partial charge >= 0.3 is 0 Å². The van der Waals surface area contributed by atoms with E-state index in [0.29, 0.717) is 18.8 Å². The molecule has 4 heterocycles. The van der Waals surface area contributed by atoms with Crippen molar-refractivity contribution in [2.45, 2.75) is 19.9 Å². The van der Waals surface area contributed by atoms with Gasteiger partial charge < -0.3 is 19.9 Å². The van der Waals surface area contributed by atoms with Gasteiger partial charge in [0, 0.05) is 54.7 Å². The first kappa shape index (κ1) is 24.4. The van der Waals surface area contributed by atoms with Crippen molar-refractivity contribution in [3.63, 3.8) is 0 Å². The number of carbonyl (C=O) groups is 1. The van der Waals surface area contributed by atoms with Crippen molar-refractivity contribution in [1.29, 1.82) is 0 Å². The maximum atomic E-state index is 12.1. The van der Waals surface area contributed by atoms with Crippen LogP contribution in [0.15, 0.2) is 80.0 Å². The summed E-state index contributed by atoms with van der Waals surface area (Å²) in [6.45, 7) is 9.80. The molecule has 196 valence electrons. The number of anilines is 3. The molecule has 0 aliphatic carbocycles. The van der Waals surface area contributed by atoms with E-state index >= 15 is 0 Å². The molecule has 10 nitrogen and oxygen atoms in total. The summed E-state index contributed by atoms with van der Waals surface area (Å²) < 4.78 is 7.80. The van der Waals surface area contributed by atoms with Crippen LogP contribution in [-0.4, -0.2) is 61.0 Å². The standard InChI is InChI=1S/C29H28N8O2/c1-4-28(38)35-11-12-36(20(3)16-35)22-6-7-25-24(14-22)29(32-17-30-25)34-21-5-8-26(19(2)13-21)39-23-9-10-37-27(15-23)31-18-33-37/h4-10,13-15,17-18,20H,1,11-12,16H2,2-3H3,(H,30,32,34)/t20-/m0/s1. The number of piperazine rings is 1. The molecule has 0 unspecified atom stereocenters. The van der Waals surface area contributed by atoms with E-state index < -0.39 is 0 Å². The van der Waals surface area contributed by atoms with Crippen LogP contribution in [0, 0.1) is 6.92 Å². The van der Waals surface area contributed by atoms with E-state index in [1.165, 1.54) is 12.4 Å². The van der Waals surface area contributed by atoms with E-state index in [0.717, 1.165) is 51.6 Å². The lowest BCUT2D eigenvalue weighted by Gasteiger charge is -2.41. The summed E-state index contributed by atoms with van der Waals surface area (Å²) in [5.74, 6) is 2.14. The molecule has 0 radical (unpaired) electrons. The zero-order valence-electron chi connectivity index (χ0n) is 21.8. The molecule has 1 N–H and O–H groups in total. The quantitative estimate of drug-likeness (QED) is 0.321. The summed E-state index contributed by atoms with van der Waals surface area (Å²) in [5.41, 5.74) is 4.51. The molecule has 5 aromatic rings. The van der Waals surface area contributed by atoms with Crippen LogP contribution in [0.5, 0.6) is 11.5 Å². The summed E-state index contributed by atoms with van der Waals surface area (Å²) in [7, 11) is 0. The van der Waals surface area contributed by atoms with Gasteiger partial charge in [-0.1, -0.05) is 6.58 Å². The van der Waals surface area contributed by atoms with Gasteiger partial charge in [-0.2, -0.15) is 5.10 Å². The lowest BCUT2D eigenvalue weighted by molar-refractivity contribution is -0.126. The highest BCUT2D eigenvalue weighted by molar-refractivity contribution is 5.93. The third kappa shape index (κ3) is 4.84. The molecular formula is C29H28N8O2. The topological polar surface area (TPSA) is 101 Å². The van der Waals surface area contributed by atoms with E-state index in [-0.39, 0.29) is 11.9 Å². The molecule has 1 aliphatic heterocycles. The SMILES string of the molecule is C=CC(=O)N1CCN(c2ccc3ncnc(Nc4ccc(Oc5ccn6ncnc6c5)c(C)c4)c3c2)[C@@H](C)C1. The first-order chi connectivity index (χ1) is 19.0. The van der Waals surface area contributed by atoms with Gasteiger partial charge in [0.25, 0.3) is 0 Å². The van der Waals surface area contributed by atoms with Crippen molar-refractivity contribution in [1.82, 2.24) is 29.5 Å². The van der Waals surface area contributed by atoms with Gasteiger partial charge in [0.1, 0.15) is 30.0 Å². The van der Waals surface area contributed by atoms with E-state index in [2.05, 4.69) is 55.9 Å². The molecule has 0 bridgehead atoms. The molecule has 6 rings (SSSR count). The van der Waals surface area contributed by atoms with Crippen molar-refractivity contribution >= 4 is 39.6 Å². The maximum Gasteiger partial charge on any atom is 0.246 e. The van der Waals surface area contributed by atoms with Crippen LogP contribution < -0.4 is 15.0 Å². The molecular weight excluding hydrogens is 492 g/mol. The highest BCUT2D eigenvalue weighted by Gasteiger charge is 2.26. The Morgan fingerprint density at radius 2 is 1.97 bits per heavy atom. The van der Waals surface area contributed by atoms with Gasteiger partial charge in [0.2, 0.25) is 5.91 Å². The van der Waals surface area contributed by atoms with Crippen LogP contribution in [0.3, 0.4) is 0 Å². The first-order valence-corrected chi connectivity index (χ1v) is 12.8. The Balaban J connectivity index is 1.22. The van der Waals surface area contributed by atoms with Crippen LogP contribution in [0.1, 0.15) is 12.5 Å². The fourth-order valence-corrected chi connectivity index (χ4v) is 4.96. The largest absolute Gasteiger partial charge is 0.457 e. The zero-order valence-corrected chi connectivity index (χ0v) is 21.8. The van der Waals surface area contributed by atoms with Gasteiger partial charge in [0.15, 0.2) is 5.65 Å². The van der Waals surface area contributed by atoms with Crippen molar-refractivity contribution in [2.75, 3.05) is 29.9 Å². The van der Waals surface area contributed by atoms with Gasteiger partial charge in [-0.3, -0.25) is 4.79 Å². The van der Waals surface area contributed by atoms with Crippen LogP contribution in [0.4, 0.5) is 17.2 Å². The minimum absolute atomic E-state index is 0.0250. The third-order valence-electron chi connectivity index (χ3n) is 6.98.